The van der Waals surface area contributed by atoms with E-state index in [4.69, 9.17) is 15.6 Å². The lowest BCUT2D eigenvalue weighted by atomic mass is 10.1. The van der Waals surface area contributed by atoms with Crippen LogP contribution in [-0.2, 0) is 25.7 Å². The first-order chi connectivity index (χ1) is 17.5. The second-order valence-corrected chi connectivity index (χ2v) is 10.3. The van der Waals surface area contributed by atoms with Gasteiger partial charge in [0.05, 0.1) is 18.1 Å². The largest absolute Gasteiger partial charge is 0.480 e. The van der Waals surface area contributed by atoms with Crippen LogP contribution in [0.5, 0.6) is 0 Å². The standard InChI is InChI=1S/C15H29N7O2.C9H17NO4/c1-5-7-9-17-12(23)8-10-22-13(19-20-21-22)11(6-2)18-14(24)15(3,4)16;1-5-6(7(11)12)10-8(13)14-9(2,3)4/h11H,5-10,16H2,1-4H3,(H,17,23)(H,18,24);6H,5H2,1-4H3,(H,10,13)(H,11,12)/t11-;6-/m11/s1. The highest BCUT2D eigenvalue weighted by molar-refractivity contribution is 5.85. The van der Waals surface area contributed by atoms with Gasteiger partial charge in [-0.1, -0.05) is 27.2 Å². The number of nitrogens with zero attached hydrogens (tertiary/aromatic N) is 4. The summed E-state index contributed by atoms with van der Waals surface area (Å²) in [6, 6.07) is -1.23. The van der Waals surface area contributed by atoms with Crippen molar-refractivity contribution < 1.29 is 29.0 Å². The van der Waals surface area contributed by atoms with E-state index >= 15 is 0 Å². The van der Waals surface area contributed by atoms with Crippen LogP contribution in [0.15, 0.2) is 0 Å². The van der Waals surface area contributed by atoms with Gasteiger partial charge in [-0.2, -0.15) is 0 Å². The van der Waals surface area contributed by atoms with Crippen molar-refractivity contribution in [3.05, 3.63) is 5.82 Å². The number of unbranched alkanes of at least 4 members (excludes halogenated alkanes) is 1. The Morgan fingerprint density at radius 3 is 2.16 bits per heavy atom. The monoisotopic (exact) mass is 542 g/mol. The fraction of sp³-hybridized carbons (Fsp3) is 0.792. The van der Waals surface area contributed by atoms with Crippen molar-refractivity contribution in [1.29, 1.82) is 0 Å². The van der Waals surface area contributed by atoms with E-state index in [-0.39, 0.29) is 24.3 Å². The Morgan fingerprint density at radius 1 is 1.05 bits per heavy atom. The molecule has 1 aromatic heterocycles. The van der Waals surface area contributed by atoms with Gasteiger partial charge in [0.2, 0.25) is 11.8 Å². The smallest absolute Gasteiger partial charge is 0.408 e. The van der Waals surface area contributed by atoms with Gasteiger partial charge in [-0.05, 0) is 64.3 Å². The minimum atomic E-state index is -1.06. The molecule has 218 valence electrons. The number of hydrogen-bond donors (Lipinski definition) is 5. The molecule has 38 heavy (non-hydrogen) atoms. The van der Waals surface area contributed by atoms with Crippen LogP contribution >= 0.6 is 0 Å². The van der Waals surface area contributed by atoms with E-state index in [1.54, 1.807) is 46.2 Å². The summed E-state index contributed by atoms with van der Waals surface area (Å²) in [7, 11) is 0. The zero-order valence-corrected chi connectivity index (χ0v) is 24.0. The summed E-state index contributed by atoms with van der Waals surface area (Å²) in [5.74, 6) is -0.846. The van der Waals surface area contributed by atoms with Crippen molar-refractivity contribution in [2.75, 3.05) is 6.54 Å². The molecule has 6 N–H and O–H groups in total. The number of ether oxygens (including phenoxy) is 1. The number of nitrogens with two attached hydrogens (primary N) is 1. The van der Waals surface area contributed by atoms with Crippen molar-refractivity contribution >= 4 is 23.9 Å². The lowest BCUT2D eigenvalue weighted by molar-refractivity contribution is -0.139. The molecule has 2 atom stereocenters. The molecule has 0 radical (unpaired) electrons. The highest BCUT2D eigenvalue weighted by Gasteiger charge is 2.27. The molecular formula is C24H46N8O6. The van der Waals surface area contributed by atoms with Crippen LogP contribution in [0.4, 0.5) is 4.79 Å². The van der Waals surface area contributed by atoms with Gasteiger partial charge in [0, 0.05) is 13.0 Å². The minimum Gasteiger partial charge on any atom is -0.480 e. The van der Waals surface area contributed by atoms with Gasteiger partial charge in [-0.3, -0.25) is 9.59 Å². The number of carboxylic acids is 1. The summed E-state index contributed by atoms with van der Waals surface area (Å²) in [6.45, 7) is 15.1. The molecule has 1 heterocycles. The van der Waals surface area contributed by atoms with Crippen LogP contribution in [-0.4, -0.2) is 72.9 Å². The molecular weight excluding hydrogens is 496 g/mol. The van der Waals surface area contributed by atoms with E-state index in [0.717, 1.165) is 12.8 Å². The molecule has 0 saturated carbocycles. The molecule has 14 heteroatoms. The third-order valence-electron chi connectivity index (χ3n) is 4.97. The Labute approximate surface area is 224 Å². The number of aliphatic carboxylic acids is 1. The summed E-state index contributed by atoms with van der Waals surface area (Å²) in [5, 5.41) is 28.2. The summed E-state index contributed by atoms with van der Waals surface area (Å²) >= 11 is 0. The quantitative estimate of drug-likeness (QED) is 0.228. The molecule has 0 aliphatic rings. The number of alkyl carbamates (subject to hydrolysis) is 1. The number of rotatable bonds is 13. The summed E-state index contributed by atoms with van der Waals surface area (Å²) in [6.07, 6.45) is 2.52. The van der Waals surface area contributed by atoms with Crippen LogP contribution < -0.4 is 21.7 Å². The highest BCUT2D eigenvalue weighted by Crippen LogP contribution is 2.14. The average Bonchev–Trinajstić information content (AvgIpc) is 3.26. The zero-order chi connectivity index (χ0) is 29.5. The third kappa shape index (κ3) is 14.4. The lowest BCUT2D eigenvalue weighted by Crippen LogP contribution is -2.50. The first-order valence-electron chi connectivity index (χ1n) is 12.9. The van der Waals surface area contributed by atoms with Gasteiger partial charge in [0.25, 0.3) is 0 Å². The number of tetrazole rings is 1. The normalized spacial score (nSPS) is 12.9. The number of nitrogens with one attached hydrogen (secondary N) is 3. The van der Waals surface area contributed by atoms with Crippen LogP contribution in [0.2, 0.25) is 0 Å². The molecule has 0 unspecified atom stereocenters. The number of aromatic nitrogens is 4. The maximum absolute atomic E-state index is 12.1. The molecule has 1 rings (SSSR count). The number of hydrogen-bond acceptors (Lipinski definition) is 9. The average molecular weight is 543 g/mol. The second-order valence-electron chi connectivity index (χ2n) is 10.3. The molecule has 14 nitrogen and oxygen atoms in total. The van der Waals surface area contributed by atoms with Crippen molar-refractivity contribution in [3.63, 3.8) is 0 Å². The van der Waals surface area contributed by atoms with E-state index in [0.29, 0.717) is 31.8 Å². The molecule has 0 saturated heterocycles. The predicted octanol–water partition coefficient (Wildman–Crippen LogP) is 1.66. The van der Waals surface area contributed by atoms with Crippen molar-refractivity contribution in [2.45, 2.75) is 117 Å². The van der Waals surface area contributed by atoms with Crippen molar-refractivity contribution in [2.24, 2.45) is 5.73 Å². The van der Waals surface area contributed by atoms with Gasteiger partial charge in [-0.15, -0.1) is 5.10 Å². The van der Waals surface area contributed by atoms with E-state index in [1.165, 1.54) is 0 Å². The molecule has 0 aliphatic heterocycles. The number of carbonyl (C=O) groups excluding carboxylic acids is 3. The Kier molecular flexibility index (Phi) is 15.1. The van der Waals surface area contributed by atoms with Crippen molar-refractivity contribution in [3.8, 4) is 0 Å². The Morgan fingerprint density at radius 2 is 1.68 bits per heavy atom. The van der Waals surface area contributed by atoms with Crippen LogP contribution in [0.1, 0.15) is 99.4 Å². The molecule has 0 fully saturated rings. The number of carbonyl (C=O) groups is 4. The Bertz CT molecular complexity index is 891. The summed E-state index contributed by atoms with van der Waals surface area (Å²) < 4.78 is 6.46. The molecule has 0 aliphatic carbocycles. The van der Waals surface area contributed by atoms with Crippen molar-refractivity contribution in [1.82, 2.24) is 36.2 Å². The Balaban J connectivity index is 0.000000835. The molecule has 0 bridgehead atoms. The summed E-state index contributed by atoms with van der Waals surface area (Å²) in [4.78, 5) is 45.6. The van der Waals surface area contributed by atoms with Crippen LogP contribution in [0, 0.1) is 0 Å². The fourth-order valence-electron chi connectivity index (χ4n) is 2.80. The number of amides is 3. The Hall–Kier alpha value is -3.29. The van der Waals surface area contributed by atoms with E-state index in [9.17, 15) is 19.2 Å². The lowest BCUT2D eigenvalue weighted by Gasteiger charge is -2.22. The maximum Gasteiger partial charge on any atom is 0.408 e. The topological polar surface area (TPSA) is 203 Å². The van der Waals surface area contributed by atoms with E-state index < -0.39 is 29.2 Å². The highest BCUT2D eigenvalue weighted by atomic mass is 16.6. The minimum absolute atomic E-state index is 0.0370. The third-order valence-corrected chi connectivity index (χ3v) is 4.97. The van der Waals surface area contributed by atoms with Gasteiger partial charge in [0.1, 0.15) is 11.6 Å². The van der Waals surface area contributed by atoms with Crippen LogP contribution in [0.25, 0.3) is 0 Å². The molecule has 0 aromatic carbocycles. The van der Waals surface area contributed by atoms with Crippen LogP contribution in [0.3, 0.4) is 0 Å². The predicted molar refractivity (Wildman–Crippen MR) is 141 cm³/mol. The van der Waals surface area contributed by atoms with Gasteiger partial charge >= 0.3 is 12.1 Å². The van der Waals surface area contributed by atoms with Gasteiger partial charge in [0.15, 0.2) is 5.82 Å². The first kappa shape index (κ1) is 34.7. The van der Waals surface area contributed by atoms with E-state index in [2.05, 4.69) is 38.4 Å². The SMILES string of the molecule is CCCCNC(=O)CCn1nnnc1[C@@H](CC)NC(=O)C(C)(C)N.CC[C@@H](NC(=O)OC(C)(C)C)C(=O)O. The molecule has 1 aromatic rings. The van der Waals surface area contributed by atoms with E-state index in [1.807, 2.05) is 6.92 Å². The second kappa shape index (κ2) is 16.5. The fourth-order valence-corrected chi connectivity index (χ4v) is 2.80. The summed E-state index contributed by atoms with van der Waals surface area (Å²) in [5.41, 5.74) is 4.21. The number of aryl methyl sites for hydroxylation is 1. The van der Waals surface area contributed by atoms with Gasteiger partial charge < -0.3 is 31.5 Å². The maximum atomic E-state index is 12.1. The first-order valence-corrected chi connectivity index (χ1v) is 12.9. The molecule has 3 amide bonds. The zero-order valence-electron chi connectivity index (χ0n) is 24.0. The molecule has 0 spiro atoms. The van der Waals surface area contributed by atoms with Gasteiger partial charge in [-0.25, -0.2) is 14.3 Å². The number of carboxylic acid groups (broad SMARTS) is 1.